The molecule has 10 heteroatoms. The molecule has 33 heavy (non-hydrogen) atoms. The Balaban J connectivity index is 1.83. The molecule has 0 bridgehead atoms. The number of carbonyl (C=O) groups excluding carboxylic acids is 2. The first kappa shape index (κ1) is 20.6. The van der Waals surface area contributed by atoms with Crippen molar-refractivity contribution in [3.8, 4) is 11.4 Å². The molecule has 2 aliphatic heterocycles. The first-order valence-corrected chi connectivity index (χ1v) is 10.3. The molecule has 4 heterocycles. The molecule has 0 atom stereocenters. The van der Waals surface area contributed by atoms with Crippen LogP contribution in [0.1, 0.15) is 29.2 Å². The van der Waals surface area contributed by atoms with Crippen LogP contribution in [0, 0.1) is 10.1 Å². The third-order valence-corrected chi connectivity index (χ3v) is 5.78. The van der Waals surface area contributed by atoms with Gasteiger partial charge in [-0.05, 0) is 24.6 Å². The molecule has 0 saturated heterocycles. The number of rotatable bonds is 4. The number of hydrogen-bond donors (Lipinski definition) is 0. The van der Waals surface area contributed by atoms with Crippen LogP contribution in [0.3, 0.4) is 0 Å². The Morgan fingerprint density at radius 1 is 1.27 bits per heavy atom. The van der Waals surface area contributed by atoms with Gasteiger partial charge in [-0.2, -0.15) is 0 Å². The average Bonchev–Trinajstić information content (AvgIpc) is 3.16. The van der Waals surface area contributed by atoms with Gasteiger partial charge < -0.3 is 9.47 Å². The Morgan fingerprint density at radius 2 is 2.06 bits per heavy atom. The first-order valence-electron chi connectivity index (χ1n) is 10.3. The molecule has 166 valence electrons. The summed E-state index contributed by atoms with van der Waals surface area (Å²) in [6.07, 6.45) is 2.51. The average molecular weight is 447 g/mol. The zero-order valence-corrected chi connectivity index (χ0v) is 17.5. The van der Waals surface area contributed by atoms with Crippen molar-refractivity contribution in [2.75, 3.05) is 6.61 Å². The second-order valence-corrected chi connectivity index (χ2v) is 7.60. The van der Waals surface area contributed by atoms with Crippen molar-refractivity contribution in [1.82, 2.24) is 9.55 Å². The van der Waals surface area contributed by atoms with Crippen LogP contribution in [-0.4, -0.2) is 33.0 Å². The number of benzene rings is 1. The summed E-state index contributed by atoms with van der Waals surface area (Å²) in [7, 11) is 0. The van der Waals surface area contributed by atoms with E-state index in [4.69, 9.17) is 9.47 Å². The molecule has 0 radical (unpaired) electrons. The van der Waals surface area contributed by atoms with Crippen LogP contribution in [0.2, 0.25) is 0 Å². The van der Waals surface area contributed by atoms with Gasteiger partial charge in [-0.25, -0.2) is 9.78 Å². The maximum absolute atomic E-state index is 13.2. The maximum Gasteiger partial charge on any atom is 0.330 e. The van der Waals surface area contributed by atoms with E-state index in [0.717, 1.165) is 5.39 Å². The molecular formula is C23H17N3O7. The predicted octanol–water partition coefficient (Wildman–Crippen LogP) is 2.51. The van der Waals surface area contributed by atoms with Crippen molar-refractivity contribution in [2.24, 2.45) is 0 Å². The lowest BCUT2D eigenvalue weighted by molar-refractivity contribution is -0.385. The lowest BCUT2D eigenvalue weighted by atomic mass is 9.97. The number of pyridine rings is 2. The zero-order chi connectivity index (χ0) is 23.3. The maximum atomic E-state index is 13.2. The predicted molar refractivity (Wildman–Crippen MR) is 116 cm³/mol. The fourth-order valence-corrected chi connectivity index (χ4v) is 4.41. The Labute approximate surface area is 186 Å². The van der Waals surface area contributed by atoms with E-state index >= 15 is 0 Å². The summed E-state index contributed by atoms with van der Waals surface area (Å²) < 4.78 is 11.3. The number of cyclic esters (lactones) is 1. The van der Waals surface area contributed by atoms with E-state index in [1.54, 1.807) is 25.1 Å². The van der Waals surface area contributed by atoms with Crippen LogP contribution in [-0.2, 0) is 38.6 Å². The molecule has 0 spiro atoms. The van der Waals surface area contributed by atoms with E-state index in [2.05, 4.69) is 4.98 Å². The van der Waals surface area contributed by atoms with E-state index in [9.17, 15) is 24.5 Å². The molecule has 0 amide bonds. The molecule has 5 rings (SSSR count). The summed E-state index contributed by atoms with van der Waals surface area (Å²) in [5.41, 5.74) is 1.48. The van der Waals surface area contributed by atoms with Crippen molar-refractivity contribution in [2.45, 2.75) is 26.5 Å². The summed E-state index contributed by atoms with van der Waals surface area (Å²) in [5.74, 6) is -1.16. The van der Waals surface area contributed by atoms with Crippen LogP contribution in [0.4, 0.5) is 5.69 Å². The highest BCUT2D eigenvalue weighted by atomic mass is 16.6. The largest absolute Gasteiger partial charge is 0.463 e. The van der Waals surface area contributed by atoms with Gasteiger partial charge in [0.15, 0.2) is 0 Å². The summed E-state index contributed by atoms with van der Waals surface area (Å²) >= 11 is 0. The minimum Gasteiger partial charge on any atom is -0.463 e. The molecule has 0 aliphatic carbocycles. The number of fused-ring (bicyclic) bond motifs is 5. The number of nitrogens with zero attached hydrogens (tertiary/aromatic N) is 3. The van der Waals surface area contributed by atoms with Crippen LogP contribution >= 0.6 is 0 Å². The zero-order valence-electron chi connectivity index (χ0n) is 17.5. The molecule has 2 aliphatic rings. The van der Waals surface area contributed by atoms with Gasteiger partial charge in [-0.3, -0.25) is 24.3 Å². The Morgan fingerprint density at radius 3 is 2.82 bits per heavy atom. The number of ether oxygens (including phenoxy) is 2. The van der Waals surface area contributed by atoms with E-state index in [1.807, 2.05) is 12.1 Å². The molecule has 0 saturated carbocycles. The van der Waals surface area contributed by atoms with Gasteiger partial charge in [0.1, 0.15) is 18.0 Å². The van der Waals surface area contributed by atoms with E-state index < -0.39 is 22.4 Å². The minimum absolute atomic E-state index is 0.0336. The quantitative estimate of drug-likeness (QED) is 0.202. The standard InChI is InChI=1S/C23H17N3O7/c1-2-32-18(27)8-7-12-13-5-3-4-6-17(13)24-20-15(12)10-25-22(20)21(26(30)31)14-9-19(28)33-11-16(14)23(25)29/h3-8H,2,9-11H2,1H3/b8-7+. The van der Waals surface area contributed by atoms with Crippen LogP contribution in [0.15, 0.2) is 35.1 Å². The molecule has 0 unspecified atom stereocenters. The second-order valence-electron chi connectivity index (χ2n) is 7.60. The van der Waals surface area contributed by atoms with Crippen LogP contribution in [0.5, 0.6) is 0 Å². The van der Waals surface area contributed by atoms with Gasteiger partial charge in [0.25, 0.3) is 11.2 Å². The highest BCUT2D eigenvalue weighted by Gasteiger charge is 2.39. The minimum atomic E-state index is -0.627. The van der Waals surface area contributed by atoms with Crippen LogP contribution in [0.25, 0.3) is 28.4 Å². The molecule has 2 aromatic heterocycles. The molecule has 0 N–H and O–H groups in total. The monoisotopic (exact) mass is 447 g/mol. The third-order valence-electron chi connectivity index (χ3n) is 5.78. The number of esters is 2. The Kier molecular flexibility index (Phi) is 4.77. The lowest BCUT2D eigenvalue weighted by Crippen LogP contribution is -2.31. The van der Waals surface area contributed by atoms with Crippen molar-refractivity contribution in [1.29, 1.82) is 0 Å². The van der Waals surface area contributed by atoms with Crippen molar-refractivity contribution in [3.05, 3.63) is 73.1 Å². The molecule has 3 aromatic rings. The number of nitro groups is 1. The third kappa shape index (κ3) is 3.18. The van der Waals surface area contributed by atoms with Gasteiger partial charge in [0.05, 0.1) is 41.1 Å². The van der Waals surface area contributed by atoms with E-state index in [0.29, 0.717) is 16.6 Å². The Bertz CT molecular complexity index is 1470. The van der Waals surface area contributed by atoms with Crippen molar-refractivity contribution in [3.63, 3.8) is 0 Å². The summed E-state index contributed by atoms with van der Waals surface area (Å²) in [6.45, 7) is 1.64. The molecule has 0 fully saturated rings. The second kappa shape index (κ2) is 7.66. The number of carbonyl (C=O) groups is 2. The highest BCUT2D eigenvalue weighted by molar-refractivity contribution is 5.97. The van der Waals surface area contributed by atoms with Gasteiger partial charge in [-0.1, -0.05) is 18.2 Å². The van der Waals surface area contributed by atoms with E-state index in [-0.39, 0.29) is 54.4 Å². The SMILES string of the molecule is CCOC(=O)/C=C/c1c2c(nc3ccccc13)-c1c([N+](=O)[O-])c3c(c(=O)n1C2)COC(=O)C3. The van der Waals surface area contributed by atoms with Gasteiger partial charge in [0, 0.05) is 17.0 Å². The fourth-order valence-electron chi connectivity index (χ4n) is 4.41. The first-order chi connectivity index (χ1) is 15.9. The smallest absolute Gasteiger partial charge is 0.330 e. The van der Waals surface area contributed by atoms with E-state index in [1.165, 1.54) is 10.6 Å². The molecular weight excluding hydrogens is 430 g/mol. The van der Waals surface area contributed by atoms with Gasteiger partial charge >= 0.3 is 11.9 Å². The molecule has 10 nitrogen and oxygen atoms in total. The fraction of sp³-hybridized carbons (Fsp3) is 0.217. The van der Waals surface area contributed by atoms with Crippen molar-refractivity contribution < 1.29 is 24.0 Å². The number of para-hydroxylation sites is 1. The number of hydrogen-bond acceptors (Lipinski definition) is 8. The highest BCUT2D eigenvalue weighted by Crippen LogP contribution is 2.43. The van der Waals surface area contributed by atoms with Crippen LogP contribution < -0.4 is 5.56 Å². The topological polar surface area (TPSA) is 131 Å². The molecule has 1 aromatic carbocycles. The van der Waals surface area contributed by atoms with Crippen molar-refractivity contribution >= 4 is 34.6 Å². The summed E-state index contributed by atoms with van der Waals surface area (Å²) in [5, 5.41) is 12.9. The summed E-state index contributed by atoms with van der Waals surface area (Å²) in [6, 6.07) is 7.17. The summed E-state index contributed by atoms with van der Waals surface area (Å²) in [4.78, 5) is 53.3. The normalized spacial score (nSPS) is 14.0. The van der Waals surface area contributed by atoms with Gasteiger partial charge in [-0.15, -0.1) is 0 Å². The Hall–Kier alpha value is -4.34. The van der Waals surface area contributed by atoms with Gasteiger partial charge in [0.2, 0.25) is 0 Å². The number of aromatic nitrogens is 2. The lowest BCUT2D eigenvalue weighted by Gasteiger charge is -2.17.